The normalized spacial score (nSPS) is 12.6. The van der Waals surface area contributed by atoms with Crippen molar-refractivity contribution in [3.05, 3.63) is 84.1 Å². The molecule has 126 valence electrons. The van der Waals surface area contributed by atoms with Crippen molar-refractivity contribution in [1.82, 2.24) is 29.5 Å². The number of halogens is 1. The number of hydrogen-bond acceptors (Lipinski definition) is 4. The van der Waals surface area contributed by atoms with Crippen LogP contribution in [0.15, 0.2) is 61.4 Å². The van der Waals surface area contributed by atoms with Crippen LogP contribution in [0.1, 0.15) is 22.9 Å². The number of fused-ring (bicyclic) bond motifs is 1. The highest BCUT2D eigenvalue weighted by Gasteiger charge is 2.16. The smallest absolute Gasteiger partial charge is 0.155 e. The number of rotatable bonds is 5. The Morgan fingerprint density at radius 1 is 1.12 bits per heavy atom. The predicted octanol–water partition coefficient (Wildman–Crippen LogP) is 2.48. The van der Waals surface area contributed by atoms with E-state index in [0.29, 0.717) is 6.54 Å². The van der Waals surface area contributed by atoms with Gasteiger partial charge < -0.3 is 5.32 Å². The second-order valence-electron chi connectivity index (χ2n) is 5.87. The summed E-state index contributed by atoms with van der Waals surface area (Å²) in [6.07, 6.45) is 10.9. The van der Waals surface area contributed by atoms with Crippen molar-refractivity contribution in [3.63, 3.8) is 0 Å². The fourth-order valence-corrected chi connectivity index (χ4v) is 2.90. The Kier molecular flexibility index (Phi) is 3.99. The third-order valence-electron chi connectivity index (χ3n) is 4.14. The van der Waals surface area contributed by atoms with Gasteiger partial charge in [-0.3, -0.25) is 14.1 Å². The molecule has 4 aromatic rings. The summed E-state index contributed by atoms with van der Waals surface area (Å²) in [5, 5.41) is 7.77. The summed E-state index contributed by atoms with van der Waals surface area (Å²) < 4.78 is 17.0. The zero-order chi connectivity index (χ0) is 17.2. The molecule has 4 rings (SSSR count). The zero-order valence-electron chi connectivity index (χ0n) is 13.7. The van der Waals surface area contributed by atoms with Crippen molar-refractivity contribution >= 4 is 5.65 Å². The van der Waals surface area contributed by atoms with Crippen LogP contribution in [0.2, 0.25) is 0 Å². The van der Waals surface area contributed by atoms with E-state index < -0.39 is 0 Å². The van der Waals surface area contributed by atoms with E-state index >= 15 is 0 Å². The molecule has 0 saturated heterocycles. The highest BCUT2D eigenvalue weighted by atomic mass is 19.1. The number of nitrogens with one attached hydrogen (secondary N) is 1. The minimum atomic E-state index is -0.247. The van der Waals surface area contributed by atoms with Crippen molar-refractivity contribution in [2.45, 2.75) is 12.6 Å². The maximum Gasteiger partial charge on any atom is 0.155 e. The molecule has 1 unspecified atom stereocenters. The van der Waals surface area contributed by atoms with Crippen LogP contribution in [0.25, 0.3) is 5.65 Å². The molecule has 25 heavy (non-hydrogen) atoms. The summed E-state index contributed by atoms with van der Waals surface area (Å²) in [5.41, 5.74) is 3.82. The van der Waals surface area contributed by atoms with E-state index in [1.165, 1.54) is 12.1 Å². The average molecular weight is 336 g/mol. The van der Waals surface area contributed by atoms with Gasteiger partial charge in [0.25, 0.3) is 0 Å². The maximum absolute atomic E-state index is 13.3. The lowest BCUT2D eigenvalue weighted by molar-refractivity contribution is 0.589. The number of aryl methyl sites for hydroxylation is 1. The van der Waals surface area contributed by atoms with Crippen molar-refractivity contribution < 1.29 is 4.39 Å². The Balaban J connectivity index is 1.63. The number of hydrogen-bond donors (Lipinski definition) is 1. The van der Waals surface area contributed by atoms with Crippen LogP contribution in [0.3, 0.4) is 0 Å². The third-order valence-corrected chi connectivity index (χ3v) is 4.14. The van der Waals surface area contributed by atoms with E-state index in [2.05, 4.69) is 20.4 Å². The van der Waals surface area contributed by atoms with Gasteiger partial charge in [0.2, 0.25) is 0 Å². The molecule has 0 aliphatic rings. The van der Waals surface area contributed by atoms with Gasteiger partial charge in [-0.25, -0.2) is 9.37 Å². The Morgan fingerprint density at radius 2 is 1.96 bits per heavy atom. The SMILES string of the molecule is Cn1cc(C(NCc2cnc3cnccn23)c2ccc(F)cc2)cn1. The zero-order valence-corrected chi connectivity index (χ0v) is 13.7. The molecule has 1 aromatic carbocycles. The Morgan fingerprint density at radius 3 is 2.72 bits per heavy atom. The molecule has 7 heteroatoms. The number of imidazole rings is 1. The standard InChI is InChI=1S/C18H17FN6/c1-24-12-14(8-23-24)18(13-2-4-15(19)5-3-13)22-10-16-9-21-17-11-20-6-7-25(16)17/h2-9,11-12,18,22H,10H2,1H3. The summed E-state index contributed by atoms with van der Waals surface area (Å²) in [4.78, 5) is 8.43. The van der Waals surface area contributed by atoms with Crippen LogP contribution >= 0.6 is 0 Å². The van der Waals surface area contributed by atoms with E-state index in [1.807, 2.05) is 36.2 Å². The maximum atomic E-state index is 13.3. The van der Waals surface area contributed by atoms with E-state index in [-0.39, 0.29) is 11.9 Å². The topological polar surface area (TPSA) is 60.0 Å². The summed E-state index contributed by atoms with van der Waals surface area (Å²) in [6, 6.07) is 6.43. The lowest BCUT2D eigenvalue weighted by Gasteiger charge is -2.18. The van der Waals surface area contributed by atoms with E-state index in [4.69, 9.17) is 0 Å². The molecule has 0 aliphatic heterocycles. The minimum absolute atomic E-state index is 0.0957. The van der Waals surface area contributed by atoms with Gasteiger partial charge in [0.1, 0.15) is 5.82 Å². The van der Waals surface area contributed by atoms with Crippen LogP contribution in [-0.4, -0.2) is 24.1 Å². The lowest BCUT2D eigenvalue weighted by atomic mass is 10.0. The molecule has 1 N–H and O–H groups in total. The van der Waals surface area contributed by atoms with Crippen LogP contribution in [0.5, 0.6) is 0 Å². The van der Waals surface area contributed by atoms with E-state index in [0.717, 1.165) is 22.5 Å². The van der Waals surface area contributed by atoms with Crippen LogP contribution in [-0.2, 0) is 13.6 Å². The largest absolute Gasteiger partial charge is 0.300 e. The van der Waals surface area contributed by atoms with Gasteiger partial charge in [0.15, 0.2) is 5.65 Å². The molecule has 0 spiro atoms. The first-order valence-corrected chi connectivity index (χ1v) is 7.94. The van der Waals surface area contributed by atoms with Gasteiger partial charge in [-0.1, -0.05) is 12.1 Å². The molecular formula is C18H17FN6. The molecule has 3 heterocycles. The van der Waals surface area contributed by atoms with Gasteiger partial charge in [-0.15, -0.1) is 0 Å². The molecule has 0 aliphatic carbocycles. The quantitative estimate of drug-likeness (QED) is 0.608. The van der Waals surface area contributed by atoms with E-state index in [1.54, 1.807) is 29.2 Å². The highest BCUT2D eigenvalue weighted by Crippen LogP contribution is 2.22. The highest BCUT2D eigenvalue weighted by molar-refractivity contribution is 5.37. The number of aromatic nitrogens is 5. The third kappa shape index (κ3) is 3.14. The second kappa shape index (κ2) is 6.45. The van der Waals surface area contributed by atoms with Crippen molar-refractivity contribution in [3.8, 4) is 0 Å². The molecule has 0 bridgehead atoms. The summed E-state index contributed by atoms with van der Waals surface area (Å²) >= 11 is 0. The average Bonchev–Trinajstić information content (AvgIpc) is 3.23. The van der Waals surface area contributed by atoms with Crippen LogP contribution < -0.4 is 5.32 Å². The van der Waals surface area contributed by atoms with Crippen LogP contribution in [0.4, 0.5) is 4.39 Å². The number of nitrogens with zero attached hydrogens (tertiary/aromatic N) is 5. The van der Waals surface area contributed by atoms with Gasteiger partial charge in [-0.05, 0) is 17.7 Å². The van der Waals surface area contributed by atoms with Gasteiger partial charge in [0, 0.05) is 37.7 Å². The van der Waals surface area contributed by atoms with E-state index in [9.17, 15) is 4.39 Å². The fraction of sp³-hybridized carbons (Fsp3) is 0.167. The molecule has 1 atom stereocenters. The first-order valence-electron chi connectivity index (χ1n) is 7.94. The number of benzene rings is 1. The first-order chi connectivity index (χ1) is 12.2. The molecule has 0 amide bonds. The van der Waals surface area contributed by atoms with Crippen molar-refractivity contribution in [1.29, 1.82) is 0 Å². The Bertz CT molecular complexity index is 988. The fourth-order valence-electron chi connectivity index (χ4n) is 2.90. The molecule has 0 radical (unpaired) electrons. The Hall–Kier alpha value is -3.06. The van der Waals surface area contributed by atoms with Crippen molar-refractivity contribution in [2.75, 3.05) is 0 Å². The van der Waals surface area contributed by atoms with Gasteiger partial charge >= 0.3 is 0 Å². The van der Waals surface area contributed by atoms with Gasteiger partial charge in [-0.2, -0.15) is 5.10 Å². The predicted molar refractivity (Wildman–Crippen MR) is 91.3 cm³/mol. The molecule has 0 saturated carbocycles. The molecule has 3 aromatic heterocycles. The minimum Gasteiger partial charge on any atom is -0.300 e. The molecule has 0 fully saturated rings. The van der Waals surface area contributed by atoms with Gasteiger partial charge in [0.05, 0.1) is 30.3 Å². The Labute approximate surface area is 144 Å². The first kappa shape index (κ1) is 15.5. The summed E-state index contributed by atoms with van der Waals surface area (Å²) in [7, 11) is 1.88. The lowest BCUT2D eigenvalue weighted by Crippen LogP contribution is -2.22. The summed E-state index contributed by atoms with van der Waals surface area (Å²) in [5.74, 6) is -0.247. The molecule has 6 nitrogen and oxygen atoms in total. The monoisotopic (exact) mass is 336 g/mol. The summed E-state index contributed by atoms with van der Waals surface area (Å²) in [6.45, 7) is 0.599. The molecular weight excluding hydrogens is 319 g/mol. The second-order valence-corrected chi connectivity index (χ2v) is 5.87. The van der Waals surface area contributed by atoms with Crippen molar-refractivity contribution in [2.24, 2.45) is 7.05 Å². The van der Waals surface area contributed by atoms with Crippen LogP contribution in [0, 0.1) is 5.82 Å².